The van der Waals surface area contributed by atoms with Crippen LogP contribution in [0.25, 0.3) is 10.8 Å². The molecule has 6 aromatic rings. The van der Waals surface area contributed by atoms with Crippen molar-refractivity contribution < 1.29 is 48.1 Å². The number of carbonyl (C=O) groups is 4. The first-order chi connectivity index (χ1) is 29.3. The Bertz CT molecular complexity index is 2510. The number of phosphoric acid groups is 1. The van der Waals surface area contributed by atoms with Crippen LogP contribution in [0.4, 0.5) is 5.69 Å². The normalized spacial score (nSPS) is 12.7. The molecule has 61 heavy (non-hydrogen) atoms. The Morgan fingerprint density at radius 3 is 1.62 bits per heavy atom. The summed E-state index contributed by atoms with van der Waals surface area (Å²) >= 11 is 0. The number of fused-ring (bicyclic) bond motifs is 1. The second-order valence-corrected chi connectivity index (χ2v) is 15.6. The number of anilines is 1. The molecular formula is C45H44BN4O10P. The van der Waals surface area contributed by atoms with Gasteiger partial charge in [0.2, 0.25) is 23.6 Å². The van der Waals surface area contributed by atoms with Crippen LogP contribution in [-0.4, -0.2) is 68.7 Å². The quantitative estimate of drug-likeness (QED) is 0.0466. The van der Waals surface area contributed by atoms with Gasteiger partial charge in [-0.2, -0.15) is 0 Å². The highest BCUT2D eigenvalue weighted by molar-refractivity contribution is 7.46. The van der Waals surface area contributed by atoms with Gasteiger partial charge in [0.05, 0.1) is 6.42 Å². The first-order valence-electron chi connectivity index (χ1n) is 19.3. The van der Waals surface area contributed by atoms with Crippen molar-refractivity contribution in [3.05, 3.63) is 174 Å². The Labute approximate surface area is 352 Å². The van der Waals surface area contributed by atoms with Gasteiger partial charge in [0, 0.05) is 24.9 Å². The highest BCUT2D eigenvalue weighted by Crippen LogP contribution is 2.37. The Morgan fingerprint density at radius 2 is 1.05 bits per heavy atom. The number of nitrogens with one attached hydrogen (secondary N) is 4. The van der Waals surface area contributed by atoms with Gasteiger partial charge in [0.1, 0.15) is 23.9 Å². The minimum Gasteiger partial charge on any atom is -0.423 e. The molecule has 0 aliphatic heterocycles. The van der Waals surface area contributed by atoms with E-state index < -0.39 is 56.7 Å². The molecule has 0 aromatic heterocycles. The van der Waals surface area contributed by atoms with Gasteiger partial charge in [-0.1, -0.05) is 127 Å². The zero-order valence-corrected chi connectivity index (χ0v) is 33.7. The minimum atomic E-state index is -4.84. The first kappa shape index (κ1) is 44.0. The van der Waals surface area contributed by atoms with E-state index in [1.807, 2.05) is 72.8 Å². The molecule has 3 unspecified atom stereocenters. The van der Waals surface area contributed by atoms with E-state index >= 15 is 0 Å². The van der Waals surface area contributed by atoms with Gasteiger partial charge >= 0.3 is 14.9 Å². The van der Waals surface area contributed by atoms with Crippen LogP contribution in [0.1, 0.15) is 22.3 Å². The third kappa shape index (κ3) is 13.5. The standard InChI is InChI=1S/C45H44BN4O10P/c51-42(28-33-18-21-34-14-7-8-15-35(34)24-33)48-39(25-30-10-3-1-4-11-30)44(53)50-41(26-31-12-5-2-6-13-31)45(54)49-40(27-32-19-22-38(23-20-32)60-61(57,58)59)43(52)47-37-17-9-16-36(29-37)46(55)56/h1-24,29,39-41,55-56H,25-28H2,(H,47,52)(H,48,51)(H,49,54)(H,50,53)(H2,57,58,59). The summed E-state index contributed by atoms with van der Waals surface area (Å²) in [6, 6.07) is 39.3. The smallest absolute Gasteiger partial charge is 0.423 e. The molecule has 0 heterocycles. The van der Waals surface area contributed by atoms with Crippen molar-refractivity contribution in [2.24, 2.45) is 0 Å². The predicted molar refractivity (Wildman–Crippen MR) is 231 cm³/mol. The van der Waals surface area contributed by atoms with Crippen molar-refractivity contribution in [2.75, 3.05) is 5.32 Å². The molecule has 0 aliphatic rings. The van der Waals surface area contributed by atoms with Crippen LogP contribution >= 0.6 is 7.82 Å². The molecule has 312 valence electrons. The van der Waals surface area contributed by atoms with Crippen LogP contribution in [0.2, 0.25) is 0 Å². The summed E-state index contributed by atoms with van der Waals surface area (Å²) < 4.78 is 16.0. The molecule has 0 bridgehead atoms. The fourth-order valence-corrected chi connectivity index (χ4v) is 7.11. The van der Waals surface area contributed by atoms with E-state index in [-0.39, 0.29) is 42.6 Å². The second kappa shape index (κ2) is 20.6. The Balaban J connectivity index is 1.25. The SMILES string of the molecule is O=C(Cc1ccc2ccccc2c1)NC(Cc1ccccc1)C(=O)NC(Cc1ccccc1)C(=O)NC(Cc1ccc(OP(=O)(O)O)cc1)C(=O)Nc1cccc(B(O)O)c1. The molecule has 0 saturated heterocycles. The number of rotatable bonds is 18. The van der Waals surface area contributed by atoms with Gasteiger partial charge in [0.15, 0.2) is 0 Å². The number of hydrogen-bond donors (Lipinski definition) is 8. The van der Waals surface area contributed by atoms with E-state index in [9.17, 15) is 43.6 Å². The predicted octanol–water partition coefficient (Wildman–Crippen LogP) is 3.35. The van der Waals surface area contributed by atoms with Crippen LogP contribution in [0.5, 0.6) is 5.75 Å². The summed E-state index contributed by atoms with van der Waals surface area (Å²) in [7, 11) is -6.65. The summed E-state index contributed by atoms with van der Waals surface area (Å²) in [5, 5.41) is 32.6. The molecule has 6 aromatic carbocycles. The van der Waals surface area contributed by atoms with Crippen LogP contribution in [0, 0.1) is 0 Å². The van der Waals surface area contributed by atoms with E-state index in [0.29, 0.717) is 11.1 Å². The lowest BCUT2D eigenvalue weighted by Crippen LogP contribution is -2.57. The van der Waals surface area contributed by atoms with Crippen molar-refractivity contribution in [2.45, 2.75) is 43.8 Å². The van der Waals surface area contributed by atoms with E-state index in [4.69, 9.17) is 0 Å². The molecule has 14 nitrogen and oxygen atoms in total. The number of carbonyl (C=O) groups excluding carboxylic acids is 4. The Morgan fingerprint density at radius 1 is 0.541 bits per heavy atom. The van der Waals surface area contributed by atoms with Crippen molar-refractivity contribution in [1.82, 2.24) is 16.0 Å². The van der Waals surface area contributed by atoms with Crippen LogP contribution in [0.15, 0.2) is 152 Å². The topological polar surface area (TPSA) is 224 Å². The third-order valence-corrected chi connectivity index (χ3v) is 10.1. The monoisotopic (exact) mass is 842 g/mol. The van der Waals surface area contributed by atoms with E-state index in [2.05, 4.69) is 25.8 Å². The average Bonchev–Trinajstić information content (AvgIpc) is 3.23. The Kier molecular flexibility index (Phi) is 14.8. The van der Waals surface area contributed by atoms with Gasteiger partial charge in [-0.05, 0) is 62.8 Å². The molecule has 0 saturated carbocycles. The lowest BCUT2D eigenvalue weighted by molar-refractivity contribution is -0.133. The van der Waals surface area contributed by atoms with Gasteiger partial charge in [-0.15, -0.1) is 0 Å². The largest absolute Gasteiger partial charge is 0.524 e. The maximum Gasteiger partial charge on any atom is 0.524 e. The highest BCUT2D eigenvalue weighted by Gasteiger charge is 2.31. The van der Waals surface area contributed by atoms with Crippen molar-refractivity contribution in [3.63, 3.8) is 0 Å². The maximum atomic E-state index is 14.4. The van der Waals surface area contributed by atoms with E-state index in [0.717, 1.165) is 21.9 Å². The second-order valence-electron chi connectivity index (χ2n) is 14.4. The minimum absolute atomic E-state index is 0.000708. The van der Waals surface area contributed by atoms with Gasteiger partial charge in [-0.3, -0.25) is 29.0 Å². The number of amides is 4. The molecular weight excluding hydrogens is 798 g/mol. The molecule has 8 N–H and O–H groups in total. The number of phosphoric ester groups is 1. The zero-order chi connectivity index (χ0) is 43.4. The molecule has 0 radical (unpaired) electrons. The van der Waals surface area contributed by atoms with Crippen molar-refractivity contribution in [3.8, 4) is 5.75 Å². The summed E-state index contributed by atoms with van der Waals surface area (Å²) in [6.07, 6.45) is 0.00905. The maximum absolute atomic E-state index is 14.4. The summed E-state index contributed by atoms with van der Waals surface area (Å²) in [5.74, 6) is -2.57. The first-order valence-corrected chi connectivity index (χ1v) is 20.9. The molecule has 0 fully saturated rings. The zero-order valence-electron chi connectivity index (χ0n) is 32.8. The van der Waals surface area contributed by atoms with E-state index in [1.54, 1.807) is 30.3 Å². The molecule has 4 amide bonds. The summed E-state index contributed by atoms with van der Waals surface area (Å²) in [5.41, 5.74) is 3.01. The highest BCUT2D eigenvalue weighted by atomic mass is 31.2. The van der Waals surface area contributed by atoms with Crippen molar-refractivity contribution >= 4 is 60.5 Å². The molecule has 16 heteroatoms. The number of benzene rings is 6. The fourth-order valence-electron chi connectivity index (χ4n) is 6.72. The third-order valence-electron chi connectivity index (χ3n) is 9.70. The van der Waals surface area contributed by atoms with Crippen molar-refractivity contribution in [1.29, 1.82) is 0 Å². The van der Waals surface area contributed by atoms with Crippen LogP contribution < -0.4 is 31.3 Å². The van der Waals surface area contributed by atoms with Gasteiger partial charge in [0.25, 0.3) is 0 Å². The average molecular weight is 843 g/mol. The fraction of sp³-hybridized carbons (Fsp3) is 0.156. The van der Waals surface area contributed by atoms with Gasteiger partial charge < -0.3 is 35.8 Å². The lowest BCUT2D eigenvalue weighted by atomic mass is 9.80. The van der Waals surface area contributed by atoms with Gasteiger partial charge in [-0.25, -0.2) is 4.57 Å². The molecule has 0 aliphatic carbocycles. The molecule has 3 atom stereocenters. The summed E-state index contributed by atoms with van der Waals surface area (Å²) in [6.45, 7) is 0. The Hall–Kier alpha value is -6.61. The van der Waals surface area contributed by atoms with Crippen LogP contribution in [-0.2, 0) is 49.4 Å². The number of hydrogen-bond acceptors (Lipinski definition) is 8. The van der Waals surface area contributed by atoms with E-state index in [1.165, 1.54) is 48.5 Å². The summed E-state index contributed by atoms with van der Waals surface area (Å²) in [4.78, 5) is 74.6. The molecule has 6 rings (SSSR count). The molecule has 0 spiro atoms. The lowest BCUT2D eigenvalue weighted by Gasteiger charge is -2.26. The van der Waals surface area contributed by atoms with Crippen LogP contribution in [0.3, 0.4) is 0 Å².